The molecule has 3 nitrogen and oxygen atoms in total. The number of benzene rings is 1. The number of pyridine rings is 1. The van der Waals surface area contributed by atoms with E-state index in [4.69, 9.17) is 16.0 Å². The Labute approximate surface area is 114 Å². The maximum absolute atomic E-state index is 12.0. The Morgan fingerprint density at radius 3 is 2.68 bits per heavy atom. The Morgan fingerprint density at radius 1 is 1.11 bits per heavy atom. The molecular formula is C15H11ClNO2+. The molecule has 3 aromatic rings. The molecule has 0 aliphatic carbocycles. The smallest absolute Gasteiger partial charge is 0.205 e. The van der Waals surface area contributed by atoms with E-state index in [1.54, 1.807) is 18.2 Å². The zero-order chi connectivity index (χ0) is 13.2. The van der Waals surface area contributed by atoms with Gasteiger partial charge in [0.1, 0.15) is 5.58 Å². The predicted octanol–water partition coefficient (Wildman–Crippen LogP) is 2.78. The molecule has 1 aromatic carbocycles. The van der Waals surface area contributed by atoms with Crippen LogP contribution in [0.5, 0.6) is 0 Å². The summed E-state index contributed by atoms with van der Waals surface area (Å²) in [6.07, 6.45) is 3.85. The van der Waals surface area contributed by atoms with Gasteiger partial charge in [0.15, 0.2) is 23.6 Å². The molecule has 94 valence electrons. The van der Waals surface area contributed by atoms with Gasteiger partial charge in [0.2, 0.25) is 6.54 Å². The van der Waals surface area contributed by atoms with Gasteiger partial charge in [-0.05, 0) is 18.2 Å². The Hall–Kier alpha value is -2.13. The lowest BCUT2D eigenvalue weighted by Crippen LogP contribution is -2.33. The minimum Gasteiger partial charge on any atom is -0.454 e. The van der Waals surface area contributed by atoms with Crippen molar-refractivity contribution in [3.63, 3.8) is 0 Å². The Kier molecular flexibility index (Phi) is 3.05. The topological polar surface area (TPSA) is 34.1 Å². The van der Waals surface area contributed by atoms with Crippen molar-refractivity contribution in [3.05, 3.63) is 75.9 Å². The fourth-order valence-corrected chi connectivity index (χ4v) is 2.15. The number of aromatic nitrogens is 1. The van der Waals surface area contributed by atoms with Gasteiger partial charge in [-0.2, -0.15) is 4.57 Å². The standard InChI is InChI=1S/C15H11ClNO2/c16-11-4-5-15-13(8-11)14(18)9-12(19-15)10-17-6-2-1-3-7-17/h1-9H,10H2/q+1. The van der Waals surface area contributed by atoms with Crippen LogP contribution in [0.1, 0.15) is 5.76 Å². The van der Waals surface area contributed by atoms with Crippen molar-refractivity contribution in [3.8, 4) is 0 Å². The second-order valence-corrected chi connectivity index (χ2v) is 4.70. The van der Waals surface area contributed by atoms with E-state index >= 15 is 0 Å². The average molecular weight is 273 g/mol. The molecule has 0 saturated carbocycles. The fourth-order valence-electron chi connectivity index (χ4n) is 1.98. The van der Waals surface area contributed by atoms with Crippen LogP contribution in [-0.4, -0.2) is 0 Å². The summed E-state index contributed by atoms with van der Waals surface area (Å²) in [5.74, 6) is 0.621. The van der Waals surface area contributed by atoms with Gasteiger partial charge >= 0.3 is 0 Å². The fraction of sp³-hybridized carbons (Fsp3) is 0.0667. The monoisotopic (exact) mass is 272 g/mol. The van der Waals surface area contributed by atoms with Crippen LogP contribution in [0.3, 0.4) is 0 Å². The van der Waals surface area contributed by atoms with E-state index in [0.29, 0.717) is 28.3 Å². The summed E-state index contributed by atoms with van der Waals surface area (Å²) in [4.78, 5) is 12.0. The molecule has 2 heterocycles. The van der Waals surface area contributed by atoms with Crippen molar-refractivity contribution >= 4 is 22.6 Å². The lowest BCUT2D eigenvalue weighted by molar-refractivity contribution is -0.690. The summed E-state index contributed by atoms with van der Waals surface area (Å²) in [5, 5.41) is 1.04. The molecule has 3 rings (SSSR count). The number of fused-ring (bicyclic) bond motifs is 1. The van der Waals surface area contributed by atoms with Crippen LogP contribution in [-0.2, 0) is 6.54 Å². The molecule has 0 saturated heterocycles. The molecule has 2 aromatic heterocycles. The SMILES string of the molecule is O=c1cc(C[n+]2ccccc2)oc2ccc(Cl)cc12. The zero-order valence-electron chi connectivity index (χ0n) is 10.0. The van der Waals surface area contributed by atoms with Gasteiger partial charge < -0.3 is 4.42 Å². The summed E-state index contributed by atoms with van der Waals surface area (Å²) in [5.41, 5.74) is 0.485. The number of halogens is 1. The normalized spacial score (nSPS) is 10.8. The Balaban J connectivity index is 2.07. The first kappa shape index (κ1) is 11.9. The van der Waals surface area contributed by atoms with Crippen molar-refractivity contribution < 1.29 is 8.98 Å². The molecule has 0 spiro atoms. The molecule has 0 atom stereocenters. The van der Waals surface area contributed by atoms with Crippen LogP contribution in [0, 0.1) is 0 Å². The summed E-state index contributed by atoms with van der Waals surface area (Å²) in [7, 11) is 0. The summed E-state index contributed by atoms with van der Waals surface area (Å²) in [6, 6.07) is 12.4. The maximum Gasteiger partial charge on any atom is 0.205 e. The number of nitrogens with zero attached hydrogens (tertiary/aromatic N) is 1. The molecule has 0 N–H and O–H groups in total. The quantitative estimate of drug-likeness (QED) is 0.672. The zero-order valence-corrected chi connectivity index (χ0v) is 10.8. The summed E-state index contributed by atoms with van der Waals surface area (Å²) < 4.78 is 7.67. The predicted molar refractivity (Wildman–Crippen MR) is 73.2 cm³/mol. The molecule has 0 radical (unpaired) electrons. The first-order valence-corrected chi connectivity index (χ1v) is 6.26. The van der Waals surface area contributed by atoms with Gasteiger partial charge in [-0.3, -0.25) is 4.79 Å². The Bertz CT molecular complexity index is 781. The van der Waals surface area contributed by atoms with E-state index < -0.39 is 0 Å². The molecule has 4 heteroatoms. The van der Waals surface area contributed by atoms with Gasteiger partial charge in [0.25, 0.3) is 0 Å². The first-order chi connectivity index (χ1) is 9.22. The molecule has 0 aliphatic rings. The minimum absolute atomic E-state index is 0.0738. The largest absolute Gasteiger partial charge is 0.454 e. The highest BCUT2D eigenvalue weighted by molar-refractivity contribution is 6.31. The van der Waals surface area contributed by atoms with E-state index in [9.17, 15) is 4.79 Å². The molecule has 0 fully saturated rings. The molecule has 0 aliphatic heterocycles. The highest BCUT2D eigenvalue weighted by atomic mass is 35.5. The van der Waals surface area contributed by atoms with Crippen LogP contribution in [0.4, 0.5) is 0 Å². The van der Waals surface area contributed by atoms with Crippen LogP contribution in [0.25, 0.3) is 11.0 Å². The third-order valence-electron chi connectivity index (χ3n) is 2.86. The molecule has 19 heavy (non-hydrogen) atoms. The first-order valence-electron chi connectivity index (χ1n) is 5.89. The van der Waals surface area contributed by atoms with Gasteiger partial charge in [-0.25, -0.2) is 0 Å². The van der Waals surface area contributed by atoms with Crippen LogP contribution >= 0.6 is 11.6 Å². The van der Waals surface area contributed by atoms with E-state index in [-0.39, 0.29) is 5.43 Å². The summed E-state index contributed by atoms with van der Waals surface area (Å²) in [6.45, 7) is 0.522. The average Bonchev–Trinajstić information content (AvgIpc) is 2.41. The van der Waals surface area contributed by atoms with Crippen molar-refractivity contribution in [2.75, 3.05) is 0 Å². The van der Waals surface area contributed by atoms with Gasteiger partial charge in [0.05, 0.1) is 5.39 Å². The number of hydrogen-bond acceptors (Lipinski definition) is 2. The van der Waals surface area contributed by atoms with E-state index in [1.165, 1.54) is 6.07 Å². The molecule has 0 unspecified atom stereocenters. The van der Waals surface area contributed by atoms with Crippen molar-refractivity contribution in [1.29, 1.82) is 0 Å². The van der Waals surface area contributed by atoms with Crippen molar-refractivity contribution in [2.45, 2.75) is 6.54 Å². The van der Waals surface area contributed by atoms with Gasteiger partial charge in [-0.15, -0.1) is 0 Å². The highest BCUT2D eigenvalue weighted by Crippen LogP contribution is 2.17. The third-order valence-corrected chi connectivity index (χ3v) is 3.09. The van der Waals surface area contributed by atoms with Crippen LogP contribution in [0.2, 0.25) is 5.02 Å². The van der Waals surface area contributed by atoms with Gasteiger partial charge in [-0.1, -0.05) is 17.7 Å². The van der Waals surface area contributed by atoms with Crippen LogP contribution < -0.4 is 10.00 Å². The Morgan fingerprint density at radius 2 is 1.89 bits per heavy atom. The maximum atomic E-state index is 12.0. The van der Waals surface area contributed by atoms with Crippen molar-refractivity contribution in [1.82, 2.24) is 0 Å². The van der Waals surface area contributed by atoms with E-state index in [0.717, 1.165) is 0 Å². The lowest BCUT2D eigenvalue weighted by Gasteiger charge is -2.01. The van der Waals surface area contributed by atoms with Gasteiger partial charge in [0, 0.05) is 23.2 Å². The van der Waals surface area contributed by atoms with Crippen molar-refractivity contribution in [2.24, 2.45) is 0 Å². The summed E-state index contributed by atoms with van der Waals surface area (Å²) >= 11 is 5.88. The second kappa shape index (κ2) is 4.86. The van der Waals surface area contributed by atoms with Crippen LogP contribution in [0.15, 0.2) is 64.1 Å². The van der Waals surface area contributed by atoms with E-state index in [2.05, 4.69) is 0 Å². The lowest BCUT2D eigenvalue weighted by atomic mass is 10.2. The number of rotatable bonds is 2. The minimum atomic E-state index is -0.0738. The molecule has 0 bridgehead atoms. The highest BCUT2D eigenvalue weighted by Gasteiger charge is 2.09. The van der Waals surface area contributed by atoms with E-state index in [1.807, 2.05) is 35.2 Å². The molecular weight excluding hydrogens is 262 g/mol. The molecule has 0 amide bonds. The number of hydrogen-bond donors (Lipinski definition) is 0. The second-order valence-electron chi connectivity index (χ2n) is 4.27. The third kappa shape index (κ3) is 2.51.